The van der Waals surface area contributed by atoms with Crippen LogP contribution in [0.5, 0.6) is 0 Å². The lowest BCUT2D eigenvalue weighted by Crippen LogP contribution is -2.52. The number of rotatable bonds is 3. The summed E-state index contributed by atoms with van der Waals surface area (Å²) in [5.41, 5.74) is 6.39. The first-order valence-electron chi connectivity index (χ1n) is 7.67. The average Bonchev–Trinajstić information content (AvgIpc) is 2.68. The van der Waals surface area contributed by atoms with E-state index in [9.17, 15) is 10.5 Å². The van der Waals surface area contributed by atoms with Crippen LogP contribution in [0.15, 0.2) is 59.7 Å². The van der Waals surface area contributed by atoms with E-state index in [2.05, 4.69) is 40.1 Å². The third kappa shape index (κ3) is 2.70. The molecule has 8 heteroatoms. The van der Waals surface area contributed by atoms with Crippen molar-refractivity contribution in [2.75, 3.05) is 0 Å². The topological polar surface area (TPSA) is 111 Å². The molecule has 0 spiro atoms. The summed E-state index contributed by atoms with van der Waals surface area (Å²) < 4.78 is 0. The maximum Gasteiger partial charge on any atom is 0.143 e. The fourth-order valence-electron chi connectivity index (χ4n) is 3.31. The zero-order valence-electron chi connectivity index (χ0n) is 13.5. The van der Waals surface area contributed by atoms with Crippen LogP contribution < -0.4 is 11.1 Å². The Morgan fingerprint density at radius 2 is 1.81 bits per heavy atom. The molecule has 2 aromatic heterocycles. The molecule has 26 heavy (non-hydrogen) atoms. The molecule has 1 aliphatic rings. The minimum absolute atomic E-state index is 0.0104. The van der Waals surface area contributed by atoms with E-state index in [0.717, 1.165) is 5.56 Å². The van der Waals surface area contributed by atoms with E-state index in [-0.39, 0.29) is 10.6 Å². The molecule has 0 amide bonds. The SMILES string of the molecule is N#CC1=C(S)N[C@H](c2cccnc2)[C@](C#N)(C(N)=S)[C@@H]1c1cccnc1. The first-order valence-corrected chi connectivity index (χ1v) is 8.52. The number of thiol groups is 1. The van der Waals surface area contributed by atoms with Crippen molar-refractivity contribution in [3.63, 3.8) is 0 Å². The number of nitrogens with zero attached hydrogens (tertiary/aromatic N) is 4. The standard InChI is InChI=1S/C18H14N6S2/c19-7-13-14(11-3-1-5-22-8-11)18(10-20,17(21)26)15(24-16(13)25)12-4-2-6-23-9-12/h1-6,8-9,14-15,24-25H,(H2,21,26)/t14-,15-,18-/m1/s1. The molecule has 0 aliphatic carbocycles. The third-order valence-corrected chi connectivity index (χ3v) is 5.19. The average molecular weight is 378 g/mol. The van der Waals surface area contributed by atoms with Crippen molar-refractivity contribution < 1.29 is 0 Å². The molecule has 0 saturated heterocycles. The summed E-state index contributed by atoms with van der Waals surface area (Å²) in [6.45, 7) is 0. The number of hydrogen-bond acceptors (Lipinski definition) is 7. The van der Waals surface area contributed by atoms with Gasteiger partial charge in [-0.25, -0.2) is 0 Å². The fraction of sp³-hybridized carbons (Fsp3) is 0.167. The van der Waals surface area contributed by atoms with Crippen molar-refractivity contribution in [2.45, 2.75) is 12.0 Å². The molecule has 0 saturated carbocycles. The Hall–Kier alpha value is -2.94. The number of nitriles is 2. The van der Waals surface area contributed by atoms with Gasteiger partial charge in [0.15, 0.2) is 0 Å². The molecule has 2 aromatic rings. The first-order chi connectivity index (χ1) is 12.6. The second-order valence-electron chi connectivity index (χ2n) is 5.80. The fourth-order valence-corrected chi connectivity index (χ4v) is 3.90. The quantitative estimate of drug-likeness (QED) is 0.555. The monoisotopic (exact) mass is 378 g/mol. The zero-order valence-corrected chi connectivity index (χ0v) is 15.2. The third-order valence-electron chi connectivity index (χ3n) is 4.48. The van der Waals surface area contributed by atoms with E-state index < -0.39 is 17.4 Å². The van der Waals surface area contributed by atoms with E-state index in [1.54, 1.807) is 43.0 Å². The summed E-state index contributed by atoms with van der Waals surface area (Å²) in [6.07, 6.45) is 6.51. The maximum atomic E-state index is 10.2. The number of hydrogen-bond donors (Lipinski definition) is 3. The lowest BCUT2D eigenvalue weighted by atomic mass is 9.62. The van der Waals surface area contributed by atoms with Crippen molar-refractivity contribution in [1.82, 2.24) is 15.3 Å². The lowest BCUT2D eigenvalue weighted by molar-refractivity contribution is 0.332. The predicted molar refractivity (Wildman–Crippen MR) is 104 cm³/mol. The summed E-state index contributed by atoms with van der Waals surface area (Å²) in [5, 5.41) is 23.5. The Labute approximate surface area is 161 Å². The molecule has 3 atom stereocenters. The molecule has 3 rings (SSSR count). The van der Waals surface area contributed by atoms with Gasteiger partial charge in [-0.2, -0.15) is 10.5 Å². The van der Waals surface area contributed by atoms with Gasteiger partial charge in [-0.1, -0.05) is 24.4 Å². The molecular weight excluding hydrogens is 364 g/mol. The van der Waals surface area contributed by atoms with Crippen LogP contribution in [0.2, 0.25) is 0 Å². The Morgan fingerprint density at radius 1 is 1.19 bits per heavy atom. The van der Waals surface area contributed by atoms with Gasteiger partial charge >= 0.3 is 0 Å². The van der Waals surface area contributed by atoms with Crippen molar-refractivity contribution in [2.24, 2.45) is 11.1 Å². The van der Waals surface area contributed by atoms with Gasteiger partial charge < -0.3 is 11.1 Å². The van der Waals surface area contributed by atoms with Gasteiger partial charge in [-0.15, -0.1) is 12.6 Å². The van der Waals surface area contributed by atoms with Crippen LogP contribution in [0.1, 0.15) is 23.1 Å². The molecule has 0 radical (unpaired) electrons. The van der Waals surface area contributed by atoms with E-state index in [1.807, 2.05) is 6.07 Å². The first kappa shape index (κ1) is 17.9. The molecule has 0 unspecified atom stereocenters. The summed E-state index contributed by atoms with van der Waals surface area (Å²) in [5.74, 6) is -0.706. The number of nitrogens with one attached hydrogen (secondary N) is 1. The molecule has 0 aromatic carbocycles. The molecule has 6 nitrogen and oxygen atoms in total. The number of thiocarbonyl (C=S) groups is 1. The van der Waals surface area contributed by atoms with E-state index in [4.69, 9.17) is 18.0 Å². The van der Waals surface area contributed by atoms with Crippen molar-refractivity contribution >= 4 is 29.8 Å². The van der Waals surface area contributed by atoms with Gasteiger partial charge in [0, 0.05) is 24.8 Å². The number of aromatic nitrogens is 2. The highest BCUT2D eigenvalue weighted by molar-refractivity contribution is 7.84. The zero-order chi connectivity index (χ0) is 18.7. The van der Waals surface area contributed by atoms with Gasteiger partial charge in [0.25, 0.3) is 0 Å². The molecule has 0 bridgehead atoms. The molecule has 0 fully saturated rings. The Kier molecular flexibility index (Phi) is 4.90. The number of nitrogens with two attached hydrogens (primary N) is 1. The van der Waals surface area contributed by atoms with Gasteiger partial charge in [-0.3, -0.25) is 9.97 Å². The maximum absolute atomic E-state index is 10.2. The van der Waals surface area contributed by atoms with Crippen LogP contribution in [-0.4, -0.2) is 15.0 Å². The second-order valence-corrected chi connectivity index (χ2v) is 6.69. The van der Waals surface area contributed by atoms with E-state index in [0.29, 0.717) is 10.6 Å². The summed E-state index contributed by atoms with van der Waals surface area (Å²) in [4.78, 5) is 8.25. The molecule has 128 valence electrons. The summed E-state index contributed by atoms with van der Waals surface area (Å²) >= 11 is 9.79. The van der Waals surface area contributed by atoms with Gasteiger partial charge in [0.2, 0.25) is 0 Å². The van der Waals surface area contributed by atoms with Crippen LogP contribution in [0.25, 0.3) is 0 Å². The van der Waals surface area contributed by atoms with Crippen molar-refractivity contribution in [3.05, 3.63) is 70.8 Å². The van der Waals surface area contributed by atoms with Gasteiger partial charge in [0.05, 0.1) is 39.7 Å². The number of allylic oxidation sites excluding steroid dienone is 1. The minimum Gasteiger partial charge on any atom is -0.392 e. The smallest absolute Gasteiger partial charge is 0.143 e. The normalized spacial score (nSPS) is 24.9. The highest BCUT2D eigenvalue weighted by Gasteiger charge is 2.55. The van der Waals surface area contributed by atoms with Crippen LogP contribution in [0.3, 0.4) is 0 Å². The van der Waals surface area contributed by atoms with Gasteiger partial charge in [-0.05, 0) is 23.3 Å². The highest BCUT2D eigenvalue weighted by Crippen LogP contribution is 2.53. The minimum atomic E-state index is -1.39. The predicted octanol–water partition coefficient (Wildman–Crippen LogP) is 2.37. The van der Waals surface area contributed by atoms with E-state index in [1.165, 1.54) is 0 Å². The van der Waals surface area contributed by atoms with Crippen LogP contribution >= 0.6 is 24.8 Å². The highest BCUT2D eigenvalue weighted by atomic mass is 32.1. The molecule has 3 N–H and O–H groups in total. The van der Waals surface area contributed by atoms with Crippen molar-refractivity contribution in [1.29, 1.82) is 10.5 Å². The number of pyridine rings is 2. The van der Waals surface area contributed by atoms with Crippen molar-refractivity contribution in [3.8, 4) is 12.1 Å². The largest absolute Gasteiger partial charge is 0.392 e. The Morgan fingerprint density at radius 3 is 2.27 bits per heavy atom. The molecular formula is C18H14N6S2. The lowest BCUT2D eigenvalue weighted by Gasteiger charge is -2.45. The Balaban J connectivity index is 2.34. The van der Waals surface area contributed by atoms with Crippen LogP contribution in [-0.2, 0) is 0 Å². The Bertz CT molecular complexity index is 945. The van der Waals surface area contributed by atoms with E-state index >= 15 is 0 Å². The molecule has 1 aliphatic heterocycles. The van der Waals surface area contributed by atoms with Gasteiger partial charge in [0.1, 0.15) is 5.41 Å². The molecule has 3 heterocycles. The van der Waals surface area contributed by atoms with Crippen LogP contribution in [0, 0.1) is 28.1 Å². The summed E-state index contributed by atoms with van der Waals surface area (Å²) in [7, 11) is 0. The second kappa shape index (κ2) is 7.12. The van der Waals surface area contributed by atoms with Crippen LogP contribution in [0.4, 0.5) is 0 Å². The summed E-state index contributed by atoms with van der Waals surface area (Å²) in [6, 6.07) is 11.0.